The fourth-order valence-electron chi connectivity index (χ4n) is 3.37. The number of aryl methyl sites for hydroxylation is 3. The van der Waals surface area contributed by atoms with Crippen molar-refractivity contribution < 1.29 is 8.42 Å². The second-order valence-corrected chi connectivity index (χ2v) is 9.53. The normalized spacial score (nSPS) is 20.0. The molecule has 1 fully saturated rings. The van der Waals surface area contributed by atoms with Gasteiger partial charge in [0.15, 0.2) is 0 Å². The summed E-state index contributed by atoms with van der Waals surface area (Å²) in [6.07, 6.45) is 4.03. The van der Waals surface area contributed by atoms with E-state index in [0.29, 0.717) is 11.4 Å². The van der Waals surface area contributed by atoms with Gasteiger partial charge >= 0.3 is 0 Å². The van der Waals surface area contributed by atoms with Gasteiger partial charge in [0.25, 0.3) is 0 Å². The Morgan fingerprint density at radius 1 is 1.00 bits per heavy atom. The summed E-state index contributed by atoms with van der Waals surface area (Å²) >= 11 is 1.68. The van der Waals surface area contributed by atoms with Gasteiger partial charge in [-0.15, -0.1) is 11.3 Å². The molecule has 3 nitrogen and oxygen atoms in total. The molecule has 1 atom stereocenters. The molecule has 0 spiro atoms. The van der Waals surface area contributed by atoms with Gasteiger partial charge in [0, 0.05) is 11.4 Å². The summed E-state index contributed by atoms with van der Waals surface area (Å²) in [5.74, 6) is 0. The number of sulfonamides is 1. The first-order valence-corrected chi connectivity index (χ1v) is 10.9. The average Bonchev–Trinajstić information content (AvgIpc) is 2.82. The predicted octanol–water partition coefficient (Wildman–Crippen LogP) is 4.98. The zero-order valence-electron chi connectivity index (χ0n) is 14.6. The van der Waals surface area contributed by atoms with Crippen LogP contribution in [0, 0.1) is 20.8 Å². The summed E-state index contributed by atoms with van der Waals surface area (Å²) in [6, 6.07) is 7.53. The zero-order valence-corrected chi connectivity index (χ0v) is 16.2. The second-order valence-electron chi connectivity index (χ2n) is 6.69. The van der Waals surface area contributed by atoms with Crippen LogP contribution in [0.2, 0.25) is 0 Å². The Morgan fingerprint density at radius 3 is 2.46 bits per heavy atom. The largest absolute Gasteiger partial charge is 0.243 e. The minimum Gasteiger partial charge on any atom is -0.207 e. The molecule has 1 aliphatic heterocycles. The molecule has 0 saturated carbocycles. The standard InChI is InChI=1S/C19H25NO2S2/c1-14-8-9-17(13-16(14)3)24(21,22)20-11-6-4-5-7-18(20)19-15(2)10-12-23-19/h8-10,12-13,18H,4-7,11H2,1-3H3/t18-/m1/s1. The molecule has 1 aromatic carbocycles. The van der Waals surface area contributed by atoms with E-state index in [4.69, 9.17) is 0 Å². The molecular weight excluding hydrogens is 338 g/mol. The highest BCUT2D eigenvalue weighted by atomic mass is 32.2. The highest BCUT2D eigenvalue weighted by Crippen LogP contribution is 2.38. The van der Waals surface area contributed by atoms with Crippen LogP contribution in [-0.4, -0.2) is 19.3 Å². The maximum atomic E-state index is 13.4. The summed E-state index contributed by atoms with van der Waals surface area (Å²) in [7, 11) is -3.48. The lowest BCUT2D eigenvalue weighted by molar-refractivity contribution is 0.332. The van der Waals surface area contributed by atoms with Crippen molar-refractivity contribution in [1.29, 1.82) is 0 Å². The molecule has 0 aliphatic carbocycles. The predicted molar refractivity (Wildman–Crippen MR) is 100 cm³/mol. The van der Waals surface area contributed by atoms with E-state index < -0.39 is 10.0 Å². The fourth-order valence-corrected chi connectivity index (χ4v) is 6.26. The highest BCUT2D eigenvalue weighted by molar-refractivity contribution is 7.89. The van der Waals surface area contributed by atoms with Gasteiger partial charge < -0.3 is 0 Å². The van der Waals surface area contributed by atoms with Gasteiger partial charge in [-0.1, -0.05) is 18.9 Å². The van der Waals surface area contributed by atoms with E-state index in [1.165, 1.54) is 10.4 Å². The summed E-state index contributed by atoms with van der Waals surface area (Å²) < 4.78 is 28.5. The van der Waals surface area contributed by atoms with Crippen molar-refractivity contribution in [1.82, 2.24) is 4.31 Å². The van der Waals surface area contributed by atoms with Crippen LogP contribution in [0.25, 0.3) is 0 Å². The van der Waals surface area contributed by atoms with E-state index in [0.717, 1.165) is 36.8 Å². The van der Waals surface area contributed by atoms with Crippen LogP contribution in [0.15, 0.2) is 34.5 Å². The van der Waals surface area contributed by atoms with Crippen molar-refractivity contribution in [3.8, 4) is 0 Å². The van der Waals surface area contributed by atoms with E-state index in [1.807, 2.05) is 26.0 Å². The molecule has 0 unspecified atom stereocenters. The van der Waals surface area contributed by atoms with E-state index in [2.05, 4.69) is 18.4 Å². The van der Waals surface area contributed by atoms with E-state index in [-0.39, 0.29) is 6.04 Å². The third kappa shape index (κ3) is 3.30. The van der Waals surface area contributed by atoms with Crippen molar-refractivity contribution in [3.63, 3.8) is 0 Å². The SMILES string of the molecule is Cc1ccc(S(=O)(=O)N2CCCCC[C@@H]2c2sccc2C)cc1C. The number of nitrogens with zero attached hydrogens (tertiary/aromatic N) is 1. The topological polar surface area (TPSA) is 37.4 Å². The summed E-state index contributed by atoms with van der Waals surface area (Å²) in [6.45, 7) is 6.67. The number of benzene rings is 1. The molecule has 2 aromatic rings. The molecule has 1 aromatic heterocycles. The van der Waals surface area contributed by atoms with Crippen LogP contribution >= 0.6 is 11.3 Å². The molecule has 0 amide bonds. The van der Waals surface area contributed by atoms with Crippen LogP contribution in [0.5, 0.6) is 0 Å². The number of hydrogen-bond acceptors (Lipinski definition) is 3. The van der Waals surface area contributed by atoms with Crippen molar-refractivity contribution in [3.05, 3.63) is 51.2 Å². The molecule has 0 radical (unpaired) electrons. The number of rotatable bonds is 3. The van der Waals surface area contributed by atoms with Gasteiger partial charge in [-0.25, -0.2) is 8.42 Å². The van der Waals surface area contributed by atoms with Crippen molar-refractivity contribution in [2.24, 2.45) is 0 Å². The van der Waals surface area contributed by atoms with Crippen molar-refractivity contribution in [2.45, 2.75) is 57.4 Å². The first-order valence-electron chi connectivity index (χ1n) is 8.54. The molecule has 1 saturated heterocycles. The third-order valence-corrected chi connectivity index (χ3v) is 8.02. The molecule has 1 aliphatic rings. The van der Waals surface area contributed by atoms with E-state index in [9.17, 15) is 8.42 Å². The highest BCUT2D eigenvalue weighted by Gasteiger charge is 2.34. The average molecular weight is 364 g/mol. The Labute approximate surface area is 149 Å². The lowest BCUT2D eigenvalue weighted by atomic mass is 10.1. The zero-order chi connectivity index (χ0) is 17.3. The van der Waals surface area contributed by atoms with Gasteiger partial charge in [0.1, 0.15) is 0 Å². The monoisotopic (exact) mass is 363 g/mol. The molecule has 3 rings (SSSR count). The minimum atomic E-state index is -3.48. The van der Waals surface area contributed by atoms with Gasteiger partial charge in [-0.3, -0.25) is 0 Å². The maximum absolute atomic E-state index is 13.4. The summed E-state index contributed by atoms with van der Waals surface area (Å²) in [5, 5.41) is 2.07. The molecule has 2 heterocycles. The van der Waals surface area contributed by atoms with Gasteiger partial charge in [-0.05, 0) is 73.9 Å². The lowest BCUT2D eigenvalue weighted by Gasteiger charge is -2.29. The van der Waals surface area contributed by atoms with Gasteiger partial charge in [0.2, 0.25) is 10.0 Å². The van der Waals surface area contributed by atoms with E-state index >= 15 is 0 Å². The van der Waals surface area contributed by atoms with Crippen molar-refractivity contribution in [2.75, 3.05) is 6.54 Å². The minimum absolute atomic E-state index is 0.0286. The van der Waals surface area contributed by atoms with Crippen molar-refractivity contribution >= 4 is 21.4 Å². The number of hydrogen-bond donors (Lipinski definition) is 0. The second kappa shape index (κ2) is 6.98. The van der Waals surface area contributed by atoms with Crippen LogP contribution in [0.3, 0.4) is 0 Å². The Kier molecular flexibility index (Phi) is 5.13. The van der Waals surface area contributed by atoms with Gasteiger partial charge in [0.05, 0.1) is 10.9 Å². The molecule has 24 heavy (non-hydrogen) atoms. The lowest BCUT2D eigenvalue weighted by Crippen LogP contribution is -2.34. The Balaban J connectivity index is 2.05. The quantitative estimate of drug-likeness (QED) is 0.771. The summed E-state index contributed by atoms with van der Waals surface area (Å²) in [4.78, 5) is 1.62. The first kappa shape index (κ1) is 17.6. The number of thiophene rings is 1. The molecule has 5 heteroatoms. The Hall–Kier alpha value is -1.17. The first-order chi connectivity index (χ1) is 11.4. The molecule has 0 bridgehead atoms. The molecular formula is C19H25NO2S2. The smallest absolute Gasteiger partial charge is 0.207 e. The van der Waals surface area contributed by atoms with Crippen LogP contribution in [0.1, 0.15) is 53.3 Å². The molecule has 130 valence electrons. The van der Waals surface area contributed by atoms with Gasteiger partial charge in [-0.2, -0.15) is 4.31 Å². The third-order valence-electron chi connectivity index (χ3n) is 4.99. The Morgan fingerprint density at radius 2 is 1.79 bits per heavy atom. The van der Waals surface area contributed by atoms with Crippen LogP contribution in [0.4, 0.5) is 0 Å². The van der Waals surface area contributed by atoms with Crippen LogP contribution in [-0.2, 0) is 10.0 Å². The van der Waals surface area contributed by atoms with E-state index in [1.54, 1.807) is 21.7 Å². The molecule has 0 N–H and O–H groups in total. The Bertz CT molecular complexity index is 824. The van der Waals surface area contributed by atoms with Crippen LogP contribution < -0.4 is 0 Å². The fraction of sp³-hybridized carbons (Fsp3) is 0.474. The summed E-state index contributed by atoms with van der Waals surface area (Å²) in [5.41, 5.74) is 3.34. The maximum Gasteiger partial charge on any atom is 0.243 e.